The third kappa shape index (κ3) is 7.89. The average Bonchev–Trinajstić information content (AvgIpc) is 3.68. The number of benzene rings is 2. The summed E-state index contributed by atoms with van der Waals surface area (Å²) in [5.74, 6) is 0.283. The van der Waals surface area contributed by atoms with Gasteiger partial charge in [0.2, 0.25) is 0 Å². The molecule has 1 spiro atoms. The predicted molar refractivity (Wildman–Crippen MR) is 150 cm³/mol. The number of hydrogen-bond donors (Lipinski definition) is 2. The van der Waals surface area contributed by atoms with Gasteiger partial charge in [0.15, 0.2) is 0 Å². The fourth-order valence-corrected chi connectivity index (χ4v) is 5.97. The van der Waals surface area contributed by atoms with Crippen molar-refractivity contribution in [1.82, 2.24) is 5.32 Å². The average molecular weight is 526 g/mol. The van der Waals surface area contributed by atoms with Gasteiger partial charge < -0.3 is 20.0 Å². The first-order chi connectivity index (χ1) is 18.3. The summed E-state index contributed by atoms with van der Waals surface area (Å²) < 4.78 is 20.3. The van der Waals surface area contributed by atoms with Crippen molar-refractivity contribution >= 4 is 12.3 Å². The van der Waals surface area contributed by atoms with Crippen molar-refractivity contribution in [1.29, 1.82) is 0 Å². The van der Waals surface area contributed by atoms with Crippen LogP contribution in [0.25, 0.3) is 11.1 Å². The number of carbonyl (C=O) groups excluding carboxylic acids is 1. The highest BCUT2D eigenvalue weighted by Gasteiger charge is 2.38. The van der Waals surface area contributed by atoms with Crippen LogP contribution in [0, 0.1) is 11.7 Å². The van der Waals surface area contributed by atoms with Gasteiger partial charge in [-0.15, -0.1) is 0 Å². The third-order valence-electron chi connectivity index (χ3n) is 7.88. The van der Waals surface area contributed by atoms with Crippen molar-refractivity contribution in [2.24, 2.45) is 5.92 Å². The lowest BCUT2D eigenvalue weighted by molar-refractivity contribution is -0.107. The van der Waals surface area contributed by atoms with Crippen LogP contribution in [0.4, 0.5) is 4.39 Å². The van der Waals surface area contributed by atoms with Crippen LogP contribution in [-0.2, 0) is 11.2 Å². The maximum absolute atomic E-state index is 14.2. The molecular weight excluding hydrogens is 481 g/mol. The van der Waals surface area contributed by atoms with Gasteiger partial charge in [-0.1, -0.05) is 45.7 Å². The number of aromatic carboxylic acids is 1. The first-order valence-corrected chi connectivity index (χ1v) is 14.3. The largest absolute Gasteiger partial charge is 0.490 e. The molecule has 1 saturated heterocycles. The first kappa shape index (κ1) is 29.8. The Morgan fingerprint density at radius 1 is 1.11 bits per heavy atom. The van der Waals surface area contributed by atoms with E-state index in [4.69, 9.17) is 4.74 Å². The van der Waals surface area contributed by atoms with Crippen molar-refractivity contribution in [2.75, 3.05) is 6.54 Å². The lowest BCUT2D eigenvalue weighted by Gasteiger charge is -2.22. The molecule has 0 unspecified atom stereocenters. The van der Waals surface area contributed by atoms with Crippen LogP contribution in [0.1, 0.15) is 101 Å². The molecule has 6 heteroatoms. The van der Waals surface area contributed by atoms with Crippen LogP contribution in [-0.4, -0.2) is 35.5 Å². The van der Waals surface area contributed by atoms with Crippen LogP contribution < -0.4 is 10.1 Å². The number of carboxylic acid groups (broad SMARTS) is 1. The number of rotatable bonds is 6. The molecule has 2 N–H and O–H groups in total. The van der Waals surface area contributed by atoms with Crippen LogP contribution in [0.2, 0.25) is 0 Å². The van der Waals surface area contributed by atoms with Gasteiger partial charge in [0.25, 0.3) is 0 Å². The molecule has 38 heavy (non-hydrogen) atoms. The second-order valence-electron chi connectivity index (χ2n) is 10.9. The summed E-state index contributed by atoms with van der Waals surface area (Å²) in [6.45, 7) is 7.33. The van der Waals surface area contributed by atoms with Gasteiger partial charge in [0, 0.05) is 17.5 Å². The van der Waals surface area contributed by atoms with Gasteiger partial charge in [-0.2, -0.15) is 0 Å². The Morgan fingerprint density at radius 3 is 2.34 bits per heavy atom. The minimum Gasteiger partial charge on any atom is -0.490 e. The van der Waals surface area contributed by atoms with Crippen molar-refractivity contribution in [3.63, 3.8) is 0 Å². The van der Waals surface area contributed by atoms with Crippen molar-refractivity contribution in [3.05, 3.63) is 53.3 Å². The van der Waals surface area contributed by atoms with E-state index in [0.717, 1.165) is 37.9 Å². The molecule has 3 fully saturated rings. The number of hydrogen-bond acceptors (Lipinski definition) is 4. The second-order valence-corrected chi connectivity index (χ2v) is 10.9. The second kappa shape index (κ2) is 14.4. The summed E-state index contributed by atoms with van der Waals surface area (Å²) in [4.78, 5) is 20.5. The van der Waals surface area contributed by atoms with Crippen molar-refractivity contribution < 1.29 is 23.8 Å². The maximum Gasteiger partial charge on any atom is 0.335 e. The molecule has 0 bridgehead atoms. The zero-order valence-corrected chi connectivity index (χ0v) is 23.2. The molecule has 0 radical (unpaired) electrons. The molecule has 1 atom stereocenters. The Kier molecular flexibility index (Phi) is 11.3. The van der Waals surface area contributed by atoms with Gasteiger partial charge in [-0.05, 0) is 99.2 Å². The molecule has 2 saturated carbocycles. The number of aldehydes is 1. The summed E-state index contributed by atoms with van der Waals surface area (Å²) in [6, 6.07) is 9.73. The highest BCUT2D eigenvalue weighted by atomic mass is 19.1. The van der Waals surface area contributed by atoms with Crippen LogP contribution in [0.3, 0.4) is 0 Å². The standard InChI is InChI=1S/C20H21FO3.C9H17N.C3H6O/c1-2-15-16(8-5-9-18(15)21)17-12-13(20(22)23)10-11-19(17)24-14-6-3-4-7-14;1-8-6-9(10-7-8)4-2-3-5-9;1-2-3-4/h5,8-12,14H,2-4,6-7H2,1H3,(H,22,23);8,10H,2-7H2,1H3;3H,2H2,1H3/t;8-;/m.1./s1. The topological polar surface area (TPSA) is 75.6 Å². The number of halogens is 1. The minimum atomic E-state index is -1.00. The molecule has 5 nitrogen and oxygen atoms in total. The summed E-state index contributed by atoms with van der Waals surface area (Å²) in [5, 5.41) is 13.0. The van der Waals surface area contributed by atoms with Gasteiger partial charge in [0.05, 0.1) is 11.7 Å². The minimum absolute atomic E-state index is 0.151. The van der Waals surface area contributed by atoms with Gasteiger partial charge in [0.1, 0.15) is 17.9 Å². The lowest BCUT2D eigenvalue weighted by atomic mass is 9.92. The quantitative estimate of drug-likeness (QED) is 0.380. The SMILES string of the molecule is CCC=O.CCc1c(F)cccc1-c1cc(C(=O)O)ccc1OC1CCCC1.C[C@H]1CNC2(CCCC2)C1. The van der Waals surface area contributed by atoms with Gasteiger partial charge in [-0.25, -0.2) is 9.18 Å². The molecule has 5 rings (SSSR count). The molecular formula is C32H44FNO4. The summed E-state index contributed by atoms with van der Waals surface area (Å²) >= 11 is 0. The van der Waals surface area contributed by atoms with E-state index in [9.17, 15) is 19.1 Å². The van der Waals surface area contributed by atoms with E-state index >= 15 is 0 Å². The zero-order chi connectivity index (χ0) is 27.5. The van der Waals surface area contributed by atoms with E-state index in [1.54, 1.807) is 24.3 Å². The van der Waals surface area contributed by atoms with E-state index in [-0.39, 0.29) is 17.5 Å². The summed E-state index contributed by atoms with van der Waals surface area (Å²) in [6.07, 6.45) is 13.7. The fourth-order valence-electron chi connectivity index (χ4n) is 5.97. The fraction of sp³-hybridized carbons (Fsp3) is 0.562. The van der Waals surface area contributed by atoms with E-state index in [0.29, 0.717) is 40.8 Å². The van der Waals surface area contributed by atoms with Crippen LogP contribution in [0.15, 0.2) is 36.4 Å². The Balaban J connectivity index is 0.000000234. The maximum atomic E-state index is 14.2. The van der Waals surface area contributed by atoms with Crippen molar-refractivity contribution in [3.8, 4) is 16.9 Å². The Labute approximate surface area is 227 Å². The monoisotopic (exact) mass is 525 g/mol. The molecule has 1 heterocycles. The van der Waals surface area contributed by atoms with Gasteiger partial charge in [-0.3, -0.25) is 0 Å². The Morgan fingerprint density at radius 2 is 1.79 bits per heavy atom. The smallest absolute Gasteiger partial charge is 0.335 e. The van der Waals surface area contributed by atoms with Crippen LogP contribution >= 0.6 is 0 Å². The molecule has 3 aliphatic rings. The summed E-state index contributed by atoms with van der Waals surface area (Å²) in [5.41, 5.74) is 2.72. The Hall–Kier alpha value is -2.73. The van der Waals surface area contributed by atoms with E-state index in [1.807, 2.05) is 19.9 Å². The number of ether oxygens (including phenoxy) is 1. The lowest BCUT2D eigenvalue weighted by Crippen LogP contribution is -2.35. The zero-order valence-electron chi connectivity index (χ0n) is 23.2. The molecule has 0 amide bonds. The molecule has 0 aromatic heterocycles. The number of carbonyl (C=O) groups is 2. The normalized spacial score (nSPS) is 19.8. The van der Waals surface area contributed by atoms with E-state index in [1.165, 1.54) is 44.7 Å². The van der Waals surface area contributed by atoms with Gasteiger partial charge >= 0.3 is 5.97 Å². The molecule has 208 valence electrons. The molecule has 2 aromatic rings. The first-order valence-electron chi connectivity index (χ1n) is 14.3. The highest BCUT2D eigenvalue weighted by molar-refractivity contribution is 5.90. The number of nitrogens with one attached hydrogen (secondary N) is 1. The molecule has 2 aromatic carbocycles. The highest BCUT2D eigenvalue weighted by Crippen LogP contribution is 2.39. The summed E-state index contributed by atoms with van der Waals surface area (Å²) in [7, 11) is 0. The Bertz CT molecular complexity index is 1060. The number of carboxylic acids is 1. The molecule has 2 aliphatic carbocycles. The third-order valence-corrected chi connectivity index (χ3v) is 7.88. The molecule has 1 aliphatic heterocycles. The van der Waals surface area contributed by atoms with E-state index in [2.05, 4.69) is 12.2 Å². The van der Waals surface area contributed by atoms with E-state index < -0.39 is 5.97 Å². The predicted octanol–water partition coefficient (Wildman–Crippen LogP) is 7.60. The van der Waals surface area contributed by atoms with Crippen molar-refractivity contribution in [2.45, 2.75) is 103 Å². The van der Waals surface area contributed by atoms with Crippen LogP contribution in [0.5, 0.6) is 5.75 Å².